The highest BCUT2D eigenvalue weighted by Crippen LogP contribution is 2.31. The summed E-state index contributed by atoms with van der Waals surface area (Å²) in [6.07, 6.45) is 2.92. The number of hydrogen-bond acceptors (Lipinski definition) is 5. The van der Waals surface area contributed by atoms with E-state index in [4.69, 9.17) is 39.4 Å². The van der Waals surface area contributed by atoms with Crippen LogP contribution < -0.4 is 16.2 Å². The maximum Gasteiger partial charge on any atom is 0.252 e. The molecule has 1 fully saturated rings. The Hall–Kier alpha value is -1.99. The van der Waals surface area contributed by atoms with Crippen molar-refractivity contribution in [1.82, 2.24) is 4.90 Å². The number of aliphatic hydroxyl groups excluding tert-OH is 1. The Balaban J connectivity index is 1.51. The molecule has 2 aromatic carbocycles. The number of carbonyl (C=O) groups excluding carboxylic acids is 1. The molecule has 0 saturated carbocycles. The molecule has 0 aromatic heterocycles. The summed E-state index contributed by atoms with van der Waals surface area (Å²) in [5, 5.41) is 11.4. The Morgan fingerprint density at radius 3 is 2.55 bits per heavy atom. The van der Waals surface area contributed by atoms with Gasteiger partial charge in [0.05, 0.1) is 28.8 Å². The number of hydrogen-bond donors (Lipinski definition) is 3. The van der Waals surface area contributed by atoms with E-state index in [1.165, 1.54) is 7.11 Å². The topological polar surface area (TPSA) is 102 Å². The number of piperidine rings is 1. The molecule has 1 heterocycles. The van der Waals surface area contributed by atoms with E-state index < -0.39 is 12.0 Å². The number of amides is 1. The number of nitrogens with two attached hydrogens (primary N) is 2. The normalized spacial score (nSPS) is 16.3. The third kappa shape index (κ3) is 6.04. The zero-order valence-electron chi connectivity index (χ0n) is 17.6. The van der Waals surface area contributed by atoms with Crippen LogP contribution in [0, 0.1) is 5.92 Å². The van der Waals surface area contributed by atoms with Crippen molar-refractivity contribution in [3.8, 4) is 5.75 Å². The van der Waals surface area contributed by atoms with Gasteiger partial charge in [0.25, 0.3) is 5.91 Å². The van der Waals surface area contributed by atoms with Gasteiger partial charge >= 0.3 is 0 Å². The van der Waals surface area contributed by atoms with Crippen LogP contribution in [0.1, 0.15) is 46.9 Å². The largest absolute Gasteiger partial charge is 0.496 e. The van der Waals surface area contributed by atoms with Crippen molar-refractivity contribution in [3.05, 3.63) is 57.1 Å². The summed E-state index contributed by atoms with van der Waals surface area (Å²) < 4.78 is 5.22. The van der Waals surface area contributed by atoms with E-state index in [0.717, 1.165) is 50.0 Å². The lowest BCUT2D eigenvalue weighted by molar-refractivity contribution is 0.0997. The van der Waals surface area contributed by atoms with Gasteiger partial charge in [-0.2, -0.15) is 0 Å². The van der Waals surface area contributed by atoms with E-state index in [1.807, 2.05) is 6.07 Å². The van der Waals surface area contributed by atoms with Crippen LogP contribution in [0.5, 0.6) is 5.75 Å². The second-order valence-electron chi connectivity index (χ2n) is 8.08. The molecule has 1 unspecified atom stereocenters. The van der Waals surface area contributed by atoms with Crippen molar-refractivity contribution >= 4 is 34.8 Å². The Labute approximate surface area is 193 Å². The average Bonchev–Trinajstić information content (AvgIpc) is 2.75. The summed E-state index contributed by atoms with van der Waals surface area (Å²) in [5.41, 5.74) is 14.4. The highest BCUT2D eigenvalue weighted by Gasteiger charge is 2.22. The number of rotatable bonds is 8. The second-order valence-corrected chi connectivity index (χ2v) is 8.90. The number of primary amides is 1. The number of nitrogens with zero attached hydrogens (tertiary/aromatic N) is 1. The Morgan fingerprint density at radius 2 is 1.94 bits per heavy atom. The van der Waals surface area contributed by atoms with Crippen molar-refractivity contribution < 1.29 is 14.6 Å². The molecule has 2 aromatic rings. The fraction of sp³-hybridized carbons (Fsp3) is 0.435. The molecule has 6 nitrogen and oxygen atoms in total. The van der Waals surface area contributed by atoms with Crippen LogP contribution in [0.2, 0.25) is 10.0 Å². The number of nitrogen functional groups attached to an aromatic ring is 1. The van der Waals surface area contributed by atoms with E-state index in [1.54, 1.807) is 24.3 Å². The molecule has 1 aliphatic rings. The first-order chi connectivity index (χ1) is 14.8. The van der Waals surface area contributed by atoms with Gasteiger partial charge in [-0.3, -0.25) is 4.79 Å². The number of likely N-dealkylation sites (tertiary alicyclic amines) is 1. The molecule has 0 spiro atoms. The quantitative estimate of drug-likeness (QED) is 0.510. The van der Waals surface area contributed by atoms with Crippen LogP contribution in [-0.4, -0.2) is 42.7 Å². The van der Waals surface area contributed by atoms with Crippen LogP contribution in [0.25, 0.3) is 0 Å². The highest BCUT2D eigenvalue weighted by molar-refractivity contribution is 6.42. The van der Waals surface area contributed by atoms with Gasteiger partial charge in [0.1, 0.15) is 5.75 Å². The maximum atomic E-state index is 11.7. The third-order valence-corrected chi connectivity index (χ3v) is 6.73. The first-order valence-corrected chi connectivity index (χ1v) is 11.2. The third-order valence-electron chi connectivity index (χ3n) is 5.99. The Kier molecular flexibility index (Phi) is 8.06. The number of aliphatic hydroxyl groups is 1. The smallest absolute Gasteiger partial charge is 0.252 e. The first kappa shape index (κ1) is 23.7. The molecule has 8 heteroatoms. The zero-order valence-corrected chi connectivity index (χ0v) is 19.1. The molecule has 0 bridgehead atoms. The number of benzene rings is 2. The summed E-state index contributed by atoms with van der Waals surface area (Å²) in [6, 6.07) is 8.68. The van der Waals surface area contributed by atoms with Crippen molar-refractivity contribution in [2.75, 3.05) is 32.5 Å². The molecular formula is C23H29Cl2N3O3. The molecule has 0 aliphatic carbocycles. The molecule has 0 radical (unpaired) electrons. The lowest BCUT2D eigenvalue weighted by Crippen LogP contribution is -2.35. The van der Waals surface area contributed by atoms with E-state index >= 15 is 0 Å². The van der Waals surface area contributed by atoms with Crippen LogP contribution in [0.4, 0.5) is 5.69 Å². The molecule has 1 atom stereocenters. The zero-order chi connectivity index (χ0) is 22.5. The minimum atomic E-state index is -0.571. The molecular weight excluding hydrogens is 437 g/mol. The fourth-order valence-electron chi connectivity index (χ4n) is 4.09. The molecule has 31 heavy (non-hydrogen) atoms. The summed E-state index contributed by atoms with van der Waals surface area (Å²) in [4.78, 5) is 14.1. The molecule has 3 rings (SSSR count). The van der Waals surface area contributed by atoms with Crippen LogP contribution in [0.3, 0.4) is 0 Å². The number of carbonyl (C=O) groups is 1. The summed E-state index contributed by atoms with van der Waals surface area (Å²) in [5.74, 6) is 0.366. The Morgan fingerprint density at radius 1 is 1.23 bits per heavy atom. The average molecular weight is 466 g/mol. The molecule has 5 N–H and O–H groups in total. The summed E-state index contributed by atoms with van der Waals surface area (Å²) in [7, 11) is 1.50. The van der Waals surface area contributed by atoms with E-state index in [0.29, 0.717) is 39.4 Å². The van der Waals surface area contributed by atoms with E-state index in [9.17, 15) is 9.90 Å². The van der Waals surface area contributed by atoms with Gasteiger partial charge in [0.2, 0.25) is 0 Å². The minimum Gasteiger partial charge on any atom is -0.496 e. The SMILES string of the molecule is COc1cc(N)c(CC2CCN(CCC(O)c3ccc(Cl)c(Cl)c3)CC2)cc1C(N)=O. The summed E-state index contributed by atoms with van der Waals surface area (Å²) in [6.45, 7) is 2.72. The molecule has 168 valence electrons. The van der Waals surface area contributed by atoms with Crippen LogP contribution >= 0.6 is 23.2 Å². The fourth-order valence-corrected chi connectivity index (χ4v) is 4.40. The lowest BCUT2D eigenvalue weighted by Gasteiger charge is -2.32. The summed E-state index contributed by atoms with van der Waals surface area (Å²) >= 11 is 12.0. The van der Waals surface area contributed by atoms with Crippen molar-refractivity contribution in [3.63, 3.8) is 0 Å². The predicted octanol–water partition coefficient (Wildman–Crippen LogP) is 4.06. The van der Waals surface area contributed by atoms with Gasteiger partial charge in [-0.1, -0.05) is 29.3 Å². The minimum absolute atomic E-state index is 0.362. The molecule has 1 aliphatic heterocycles. The standard InChI is InChI=1S/C23H29Cl2N3O3/c1-31-22-13-20(26)16(11-17(22)23(27)30)10-14-4-7-28(8-5-14)9-6-21(29)15-2-3-18(24)19(25)12-15/h2-3,11-14,21,29H,4-10,26H2,1H3,(H2,27,30). The maximum absolute atomic E-state index is 11.7. The van der Waals surface area contributed by atoms with Gasteiger partial charge in [0.15, 0.2) is 0 Å². The van der Waals surface area contributed by atoms with Crippen molar-refractivity contribution in [2.24, 2.45) is 11.7 Å². The Bertz CT molecular complexity index is 931. The van der Waals surface area contributed by atoms with E-state index in [2.05, 4.69) is 4.90 Å². The van der Waals surface area contributed by atoms with Crippen LogP contribution in [-0.2, 0) is 6.42 Å². The van der Waals surface area contributed by atoms with E-state index in [-0.39, 0.29) is 0 Å². The van der Waals surface area contributed by atoms with Gasteiger partial charge in [-0.05, 0) is 74.0 Å². The lowest BCUT2D eigenvalue weighted by atomic mass is 9.88. The monoisotopic (exact) mass is 465 g/mol. The molecule has 1 saturated heterocycles. The van der Waals surface area contributed by atoms with Gasteiger partial charge in [-0.15, -0.1) is 0 Å². The van der Waals surface area contributed by atoms with Gasteiger partial charge in [0, 0.05) is 18.3 Å². The number of ether oxygens (including phenoxy) is 1. The molecule has 1 amide bonds. The first-order valence-electron chi connectivity index (χ1n) is 10.4. The van der Waals surface area contributed by atoms with Crippen molar-refractivity contribution in [2.45, 2.75) is 31.8 Å². The number of halogens is 2. The number of anilines is 1. The van der Waals surface area contributed by atoms with Gasteiger partial charge < -0.3 is 26.2 Å². The van der Waals surface area contributed by atoms with Crippen molar-refractivity contribution in [1.29, 1.82) is 0 Å². The second kappa shape index (κ2) is 10.6. The number of methoxy groups -OCH3 is 1. The predicted molar refractivity (Wildman–Crippen MR) is 125 cm³/mol. The van der Waals surface area contributed by atoms with Crippen LogP contribution in [0.15, 0.2) is 30.3 Å². The van der Waals surface area contributed by atoms with Gasteiger partial charge in [-0.25, -0.2) is 0 Å². The highest BCUT2D eigenvalue weighted by atomic mass is 35.5.